The Bertz CT molecular complexity index is 931. The molecule has 3 aliphatic rings. The first kappa shape index (κ1) is 42.7. The van der Waals surface area contributed by atoms with Gasteiger partial charge in [0.1, 0.15) is 0 Å². The SMILES string of the molecule is CC(C)(C)[Si](C)(C)OC1CCC(C(=O)O)CC1.COC(=O)C1CCC(O)CC1.COC(=O)C1CCC(O[Si](C)(C)C(C)(C)C)CC1. The molecule has 0 heterocycles. The van der Waals surface area contributed by atoms with Crippen molar-refractivity contribution in [2.24, 2.45) is 17.8 Å². The van der Waals surface area contributed by atoms with Gasteiger partial charge < -0.3 is 28.5 Å². The number of esters is 2. The van der Waals surface area contributed by atoms with Crippen molar-refractivity contribution in [3.8, 4) is 0 Å². The molecule has 3 fully saturated rings. The number of carbonyl (C=O) groups excluding carboxylic acids is 2. The number of aliphatic hydroxyl groups excluding tert-OH is 1. The number of hydrogen-bond acceptors (Lipinski definition) is 8. The summed E-state index contributed by atoms with van der Waals surface area (Å²) in [6, 6.07) is 0. The molecule has 3 aliphatic carbocycles. The van der Waals surface area contributed by atoms with E-state index in [0.29, 0.717) is 6.10 Å². The third-order valence-corrected chi connectivity index (χ3v) is 20.1. The first-order valence-electron chi connectivity index (χ1n) is 17.5. The third-order valence-electron chi connectivity index (χ3n) is 11.0. The van der Waals surface area contributed by atoms with Crippen LogP contribution in [-0.2, 0) is 32.7 Å². The lowest BCUT2D eigenvalue weighted by Gasteiger charge is -2.41. The molecule has 0 atom stereocenters. The highest BCUT2D eigenvalue weighted by Gasteiger charge is 2.41. The van der Waals surface area contributed by atoms with E-state index < -0.39 is 22.6 Å². The molecule has 9 nitrogen and oxygen atoms in total. The lowest BCUT2D eigenvalue weighted by atomic mass is 9.88. The average Bonchev–Trinajstić information content (AvgIpc) is 2.96. The Labute approximate surface area is 282 Å². The quantitative estimate of drug-likeness (QED) is 0.201. The number of carboxylic acid groups (broad SMARTS) is 1. The van der Waals surface area contributed by atoms with Crippen molar-refractivity contribution in [3.63, 3.8) is 0 Å². The number of hydrogen-bond donors (Lipinski definition) is 2. The van der Waals surface area contributed by atoms with E-state index in [1.807, 2.05) is 0 Å². The fraction of sp³-hybridized carbons (Fsp3) is 0.914. The number of rotatable bonds is 7. The minimum atomic E-state index is -1.69. The number of ether oxygens (including phenoxy) is 2. The summed E-state index contributed by atoms with van der Waals surface area (Å²) in [5.74, 6) is -0.847. The van der Waals surface area contributed by atoms with Crippen LogP contribution in [0.2, 0.25) is 36.3 Å². The van der Waals surface area contributed by atoms with Crippen LogP contribution in [0.5, 0.6) is 0 Å². The molecular formula is C35H68O9Si2. The first-order chi connectivity index (χ1) is 21.0. The molecule has 0 amide bonds. The van der Waals surface area contributed by atoms with E-state index in [9.17, 15) is 14.4 Å². The molecular weight excluding hydrogens is 621 g/mol. The van der Waals surface area contributed by atoms with E-state index in [0.717, 1.165) is 77.0 Å². The van der Waals surface area contributed by atoms with Gasteiger partial charge in [0.15, 0.2) is 16.6 Å². The van der Waals surface area contributed by atoms with E-state index >= 15 is 0 Å². The summed E-state index contributed by atoms with van der Waals surface area (Å²) in [5, 5.41) is 18.6. The molecule has 0 aromatic heterocycles. The second kappa shape index (κ2) is 18.5. The molecule has 0 aliphatic heterocycles. The summed E-state index contributed by atoms with van der Waals surface area (Å²) in [6.07, 6.45) is 10.6. The molecule has 0 aromatic rings. The number of carbonyl (C=O) groups is 3. The van der Waals surface area contributed by atoms with Gasteiger partial charge in [0, 0.05) is 12.2 Å². The third kappa shape index (κ3) is 14.1. The molecule has 270 valence electrons. The topological polar surface area (TPSA) is 129 Å². The zero-order valence-corrected chi connectivity index (χ0v) is 33.2. The zero-order chi connectivity index (χ0) is 35.5. The van der Waals surface area contributed by atoms with Gasteiger partial charge in [-0.15, -0.1) is 0 Å². The Hall–Kier alpha value is -1.28. The highest BCUT2D eigenvalue weighted by Crippen LogP contribution is 2.41. The number of carboxylic acids is 1. The maximum atomic E-state index is 11.5. The van der Waals surface area contributed by atoms with Gasteiger partial charge in [-0.25, -0.2) is 0 Å². The molecule has 0 aromatic carbocycles. The molecule has 0 spiro atoms. The van der Waals surface area contributed by atoms with Crippen molar-refractivity contribution in [2.75, 3.05) is 14.2 Å². The van der Waals surface area contributed by atoms with Gasteiger partial charge in [0.2, 0.25) is 0 Å². The van der Waals surface area contributed by atoms with Crippen LogP contribution in [0.15, 0.2) is 0 Å². The molecule has 46 heavy (non-hydrogen) atoms. The number of aliphatic carboxylic acids is 1. The Morgan fingerprint density at radius 1 is 0.543 bits per heavy atom. The van der Waals surface area contributed by atoms with Gasteiger partial charge in [0.05, 0.1) is 38.1 Å². The van der Waals surface area contributed by atoms with E-state index in [1.54, 1.807) is 0 Å². The molecule has 0 saturated heterocycles. The van der Waals surface area contributed by atoms with Crippen LogP contribution in [0.4, 0.5) is 0 Å². The molecule has 0 bridgehead atoms. The van der Waals surface area contributed by atoms with Gasteiger partial charge >= 0.3 is 17.9 Å². The Balaban J connectivity index is 0.000000355. The van der Waals surface area contributed by atoms with Crippen molar-refractivity contribution in [3.05, 3.63) is 0 Å². The highest BCUT2D eigenvalue weighted by molar-refractivity contribution is 6.74. The van der Waals surface area contributed by atoms with E-state index in [-0.39, 0.29) is 52.0 Å². The molecule has 3 rings (SSSR count). The van der Waals surface area contributed by atoms with Crippen molar-refractivity contribution in [2.45, 2.75) is 173 Å². The van der Waals surface area contributed by atoms with Gasteiger partial charge in [-0.3, -0.25) is 14.4 Å². The second-order valence-corrected chi connectivity index (χ2v) is 26.1. The van der Waals surface area contributed by atoms with Crippen LogP contribution in [0.25, 0.3) is 0 Å². The maximum absolute atomic E-state index is 11.5. The van der Waals surface area contributed by atoms with Gasteiger partial charge in [-0.1, -0.05) is 41.5 Å². The van der Waals surface area contributed by atoms with Crippen LogP contribution in [0.3, 0.4) is 0 Å². The number of aliphatic hydroxyl groups is 1. The zero-order valence-electron chi connectivity index (χ0n) is 31.2. The summed E-state index contributed by atoms with van der Waals surface area (Å²) in [5.41, 5.74) is 0. The van der Waals surface area contributed by atoms with Crippen LogP contribution >= 0.6 is 0 Å². The molecule has 11 heteroatoms. The standard InChI is InChI=1S/C14H28O3Si.C13H26O3Si.C8H14O3/c1-14(2,3)18(5,6)17-12-9-7-11(8-10-12)13(15)16-4;1-13(2,3)17(4,5)16-11-8-6-10(7-9-11)12(14)15;1-11-8(10)6-2-4-7(9)5-3-6/h11-12H,7-10H2,1-6H3;10-11H,6-9H2,1-5H3,(H,14,15);6-7,9H,2-5H2,1H3. The van der Waals surface area contributed by atoms with Gasteiger partial charge in [-0.05, 0) is 113 Å². The minimum Gasteiger partial charge on any atom is -0.481 e. The monoisotopic (exact) mass is 688 g/mol. The molecule has 2 N–H and O–H groups in total. The van der Waals surface area contributed by atoms with Crippen molar-refractivity contribution >= 4 is 34.5 Å². The maximum Gasteiger partial charge on any atom is 0.308 e. The van der Waals surface area contributed by atoms with Crippen LogP contribution in [-0.4, -0.2) is 77.3 Å². The highest BCUT2D eigenvalue weighted by atomic mass is 28.4. The Morgan fingerprint density at radius 3 is 1.09 bits per heavy atom. The minimum absolute atomic E-state index is 0.0309. The van der Waals surface area contributed by atoms with Crippen LogP contribution in [0, 0.1) is 17.8 Å². The molecule has 0 unspecified atom stereocenters. The van der Waals surface area contributed by atoms with Gasteiger partial charge in [-0.2, -0.15) is 0 Å². The molecule has 0 radical (unpaired) electrons. The van der Waals surface area contributed by atoms with E-state index in [4.69, 9.17) is 23.8 Å². The first-order valence-corrected chi connectivity index (χ1v) is 23.3. The predicted molar refractivity (Wildman–Crippen MR) is 188 cm³/mol. The summed E-state index contributed by atoms with van der Waals surface area (Å²) in [7, 11) is -0.472. The smallest absolute Gasteiger partial charge is 0.308 e. The predicted octanol–water partition coefficient (Wildman–Crippen LogP) is 8.10. The van der Waals surface area contributed by atoms with Gasteiger partial charge in [0.25, 0.3) is 0 Å². The number of methoxy groups -OCH3 is 2. The summed E-state index contributed by atoms with van der Waals surface area (Å²) >= 11 is 0. The van der Waals surface area contributed by atoms with E-state index in [2.05, 4.69) is 72.5 Å². The van der Waals surface area contributed by atoms with Crippen molar-refractivity contribution < 1.29 is 42.9 Å². The molecule has 3 saturated carbocycles. The van der Waals surface area contributed by atoms with Crippen molar-refractivity contribution in [1.82, 2.24) is 0 Å². The lowest BCUT2D eigenvalue weighted by molar-refractivity contribution is -0.148. The normalized spacial score (nSPS) is 27.6. The Morgan fingerprint density at radius 2 is 0.826 bits per heavy atom. The van der Waals surface area contributed by atoms with E-state index in [1.165, 1.54) is 14.2 Å². The average molecular weight is 689 g/mol. The largest absolute Gasteiger partial charge is 0.481 e. The lowest BCUT2D eigenvalue weighted by Crippen LogP contribution is -2.45. The second-order valence-electron chi connectivity index (χ2n) is 16.6. The van der Waals surface area contributed by atoms with Crippen molar-refractivity contribution in [1.29, 1.82) is 0 Å². The fourth-order valence-electron chi connectivity index (χ4n) is 5.68. The summed E-state index contributed by atoms with van der Waals surface area (Å²) < 4.78 is 22.1. The summed E-state index contributed by atoms with van der Waals surface area (Å²) in [4.78, 5) is 33.3. The van der Waals surface area contributed by atoms with Crippen LogP contribution < -0.4 is 0 Å². The summed E-state index contributed by atoms with van der Waals surface area (Å²) in [6.45, 7) is 22.6. The van der Waals surface area contributed by atoms with Crippen LogP contribution in [0.1, 0.15) is 119 Å². The Kier molecular flexibility index (Phi) is 17.2. The fourth-order valence-corrected chi connectivity index (χ4v) is 8.52.